The Hall–Kier alpha value is -4.39. The van der Waals surface area contributed by atoms with E-state index in [0.717, 1.165) is 43.3 Å². The number of hydrogen-bond acceptors (Lipinski definition) is 6. The second-order valence-corrected chi connectivity index (χ2v) is 11.0. The summed E-state index contributed by atoms with van der Waals surface area (Å²) < 4.78 is 95.6. The van der Waals surface area contributed by atoms with E-state index in [2.05, 4.69) is 15.3 Å². The number of alkyl halides is 5. The minimum Gasteiger partial charge on any atom is -0.490 e. The van der Waals surface area contributed by atoms with Gasteiger partial charge in [0, 0.05) is 39.8 Å². The van der Waals surface area contributed by atoms with Crippen molar-refractivity contribution in [1.82, 2.24) is 15.3 Å². The molecule has 0 bridgehead atoms. The summed E-state index contributed by atoms with van der Waals surface area (Å²) in [5.41, 5.74) is -4.19. The first-order valence-electron chi connectivity index (χ1n) is 13.7. The fourth-order valence-electron chi connectivity index (χ4n) is 4.97. The minimum atomic E-state index is -5.30. The average Bonchev–Trinajstić information content (AvgIpc) is 3.73. The number of fused-ring (bicyclic) bond motifs is 2. The molecular formula is C31H25F6N3O4. The van der Waals surface area contributed by atoms with Crippen molar-refractivity contribution in [2.45, 2.75) is 50.0 Å². The molecule has 2 aliphatic rings. The highest BCUT2D eigenvalue weighted by molar-refractivity contribution is 6.00. The highest BCUT2D eigenvalue weighted by Gasteiger charge is 2.57. The van der Waals surface area contributed by atoms with Gasteiger partial charge in [0.25, 0.3) is 12.3 Å². The number of ether oxygens (including phenoxy) is 2. The van der Waals surface area contributed by atoms with E-state index in [1.807, 2.05) is 0 Å². The smallest absolute Gasteiger partial charge is 0.424 e. The monoisotopic (exact) mass is 617 g/mol. The molecule has 2 unspecified atom stereocenters. The third-order valence-corrected chi connectivity index (χ3v) is 7.63. The van der Waals surface area contributed by atoms with E-state index in [-0.39, 0.29) is 57.9 Å². The highest BCUT2D eigenvalue weighted by Crippen LogP contribution is 2.45. The van der Waals surface area contributed by atoms with Gasteiger partial charge in [-0.2, -0.15) is 13.2 Å². The van der Waals surface area contributed by atoms with Crippen molar-refractivity contribution < 1.29 is 45.7 Å². The SMILES string of the molecule is CC1COc2c1cc(C(O)(CNC(=O)c1cc(OC3CC3)c3ncc(C(F)F)cc3c1)C(F)(F)F)nc2-c1ccc(F)cc1. The van der Waals surface area contributed by atoms with Gasteiger partial charge in [-0.3, -0.25) is 9.78 Å². The number of hydrogen-bond donors (Lipinski definition) is 2. The van der Waals surface area contributed by atoms with E-state index < -0.39 is 47.7 Å². The average molecular weight is 618 g/mol. The fourth-order valence-corrected chi connectivity index (χ4v) is 4.97. The van der Waals surface area contributed by atoms with Crippen LogP contribution in [0.3, 0.4) is 0 Å². The van der Waals surface area contributed by atoms with Crippen LogP contribution in [0, 0.1) is 5.82 Å². The molecule has 1 amide bonds. The van der Waals surface area contributed by atoms with Crippen LogP contribution in [0.4, 0.5) is 26.3 Å². The predicted molar refractivity (Wildman–Crippen MR) is 146 cm³/mol. The van der Waals surface area contributed by atoms with Crippen molar-refractivity contribution in [3.63, 3.8) is 0 Å². The Bertz CT molecular complexity index is 1740. The van der Waals surface area contributed by atoms with Gasteiger partial charge in [0.05, 0.1) is 24.9 Å². The lowest BCUT2D eigenvalue weighted by atomic mass is 9.92. The number of amides is 1. The number of carbonyl (C=O) groups excluding carboxylic acids is 1. The molecule has 1 saturated carbocycles. The van der Waals surface area contributed by atoms with Crippen LogP contribution in [-0.4, -0.2) is 46.4 Å². The molecule has 230 valence electrons. The van der Waals surface area contributed by atoms with Crippen molar-refractivity contribution in [3.8, 4) is 22.8 Å². The molecular weight excluding hydrogens is 592 g/mol. The van der Waals surface area contributed by atoms with Gasteiger partial charge < -0.3 is 19.9 Å². The Morgan fingerprint density at radius 3 is 2.52 bits per heavy atom. The number of pyridine rings is 2. The van der Waals surface area contributed by atoms with Crippen LogP contribution in [-0.2, 0) is 5.60 Å². The van der Waals surface area contributed by atoms with Crippen LogP contribution < -0.4 is 14.8 Å². The van der Waals surface area contributed by atoms with Gasteiger partial charge >= 0.3 is 6.18 Å². The summed E-state index contributed by atoms with van der Waals surface area (Å²) in [6.45, 7) is 0.560. The largest absolute Gasteiger partial charge is 0.490 e. The van der Waals surface area contributed by atoms with Gasteiger partial charge in [-0.1, -0.05) is 6.92 Å². The van der Waals surface area contributed by atoms with Crippen LogP contribution in [0.15, 0.2) is 54.7 Å². The van der Waals surface area contributed by atoms with Crippen molar-refractivity contribution >= 4 is 16.8 Å². The summed E-state index contributed by atoms with van der Waals surface area (Å²) in [5.74, 6) is -1.58. The summed E-state index contributed by atoms with van der Waals surface area (Å²) in [4.78, 5) is 21.4. The Kier molecular flexibility index (Phi) is 7.39. The quantitative estimate of drug-likeness (QED) is 0.217. The molecule has 2 aromatic heterocycles. The predicted octanol–water partition coefficient (Wildman–Crippen LogP) is 6.59. The third-order valence-electron chi connectivity index (χ3n) is 7.63. The minimum absolute atomic E-state index is 0.0189. The molecule has 1 aliphatic heterocycles. The van der Waals surface area contributed by atoms with Crippen LogP contribution in [0.2, 0.25) is 0 Å². The van der Waals surface area contributed by atoms with E-state index in [1.54, 1.807) is 6.92 Å². The van der Waals surface area contributed by atoms with E-state index in [4.69, 9.17) is 9.47 Å². The Balaban J connectivity index is 1.36. The second kappa shape index (κ2) is 11.0. The highest BCUT2D eigenvalue weighted by atomic mass is 19.4. The van der Waals surface area contributed by atoms with Crippen molar-refractivity contribution in [1.29, 1.82) is 0 Å². The maximum absolute atomic E-state index is 14.6. The zero-order valence-electron chi connectivity index (χ0n) is 23.1. The number of aromatic nitrogens is 2. The van der Waals surface area contributed by atoms with E-state index in [0.29, 0.717) is 5.56 Å². The lowest BCUT2D eigenvalue weighted by Gasteiger charge is -2.31. The fraction of sp³-hybridized carbons (Fsp3) is 0.323. The molecule has 2 atom stereocenters. The molecule has 2 aromatic carbocycles. The Morgan fingerprint density at radius 1 is 1.14 bits per heavy atom. The molecule has 0 spiro atoms. The summed E-state index contributed by atoms with van der Waals surface area (Å²) >= 11 is 0. The Morgan fingerprint density at radius 2 is 1.86 bits per heavy atom. The zero-order chi connectivity index (χ0) is 31.4. The number of carbonyl (C=O) groups is 1. The molecule has 1 fully saturated rings. The molecule has 3 heterocycles. The summed E-state index contributed by atoms with van der Waals surface area (Å²) in [7, 11) is 0. The lowest BCUT2D eigenvalue weighted by molar-refractivity contribution is -0.265. The van der Waals surface area contributed by atoms with Crippen LogP contribution in [0.25, 0.3) is 22.2 Å². The van der Waals surface area contributed by atoms with Crippen LogP contribution in [0.1, 0.15) is 59.3 Å². The molecule has 7 nitrogen and oxygen atoms in total. The van der Waals surface area contributed by atoms with E-state index in [9.17, 15) is 36.2 Å². The maximum Gasteiger partial charge on any atom is 0.424 e. The first-order valence-corrected chi connectivity index (χ1v) is 13.7. The number of nitrogens with one attached hydrogen (secondary N) is 1. The van der Waals surface area contributed by atoms with Crippen molar-refractivity contribution in [2.75, 3.05) is 13.2 Å². The third kappa shape index (κ3) is 5.51. The number of halogens is 6. The molecule has 0 radical (unpaired) electrons. The molecule has 4 aromatic rings. The molecule has 44 heavy (non-hydrogen) atoms. The van der Waals surface area contributed by atoms with Gasteiger partial charge in [0.2, 0.25) is 5.60 Å². The van der Waals surface area contributed by atoms with E-state index >= 15 is 0 Å². The molecule has 13 heteroatoms. The second-order valence-electron chi connectivity index (χ2n) is 11.0. The first kappa shape index (κ1) is 29.7. The summed E-state index contributed by atoms with van der Waals surface area (Å²) in [6, 6.07) is 9.62. The molecule has 6 rings (SSSR count). The van der Waals surface area contributed by atoms with Gasteiger partial charge in [0.1, 0.15) is 28.5 Å². The van der Waals surface area contributed by atoms with Crippen LogP contribution >= 0.6 is 0 Å². The topological polar surface area (TPSA) is 93.6 Å². The van der Waals surface area contributed by atoms with Gasteiger partial charge in [-0.25, -0.2) is 18.2 Å². The summed E-state index contributed by atoms with van der Waals surface area (Å²) in [5, 5.41) is 13.4. The maximum atomic E-state index is 14.6. The number of aliphatic hydroxyl groups is 1. The number of nitrogens with zero attached hydrogens (tertiary/aromatic N) is 2. The first-order chi connectivity index (χ1) is 20.8. The standard InChI is InChI=1S/C31H25F6N3O4/c1-15-13-43-27-22(15)11-24(40-26(27)16-2-4-20(32)5-3-16)30(42,31(35,36)37)14-39-29(41)18-8-17-9-19(28(33)34)12-38-25(17)23(10-18)44-21-6-7-21/h2-5,8-12,15,21,28,42H,6-7,13-14H2,1H3,(H,39,41). The molecule has 2 N–H and O–H groups in total. The molecule has 1 aliphatic carbocycles. The number of benzene rings is 2. The van der Waals surface area contributed by atoms with Gasteiger partial charge in [0.15, 0.2) is 0 Å². The normalized spacial score (nSPS) is 17.7. The van der Waals surface area contributed by atoms with E-state index in [1.165, 1.54) is 24.3 Å². The van der Waals surface area contributed by atoms with Gasteiger partial charge in [-0.15, -0.1) is 0 Å². The van der Waals surface area contributed by atoms with Crippen molar-refractivity contribution in [2.24, 2.45) is 0 Å². The van der Waals surface area contributed by atoms with Gasteiger partial charge in [-0.05, 0) is 61.4 Å². The Labute approximate surface area is 246 Å². The van der Waals surface area contributed by atoms with Crippen molar-refractivity contribution in [3.05, 3.63) is 82.9 Å². The zero-order valence-corrected chi connectivity index (χ0v) is 23.1. The number of rotatable bonds is 8. The molecule has 0 saturated heterocycles. The van der Waals surface area contributed by atoms with Crippen LogP contribution in [0.5, 0.6) is 11.5 Å². The lowest BCUT2D eigenvalue weighted by Crippen LogP contribution is -2.51. The summed E-state index contributed by atoms with van der Waals surface area (Å²) in [6.07, 6.45) is -5.83.